The lowest BCUT2D eigenvalue weighted by Gasteiger charge is -2.17. The van der Waals surface area contributed by atoms with Crippen LogP contribution in [0.5, 0.6) is 0 Å². The number of carbonyl (C=O) groups is 2. The molecule has 6 nitrogen and oxygen atoms in total. The van der Waals surface area contributed by atoms with Gasteiger partial charge in [0, 0.05) is 32.1 Å². The molecule has 2 N–H and O–H groups in total. The highest BCUT2D eigenvalue weighted by Gasteiger charge is 2.44. The van der Waals surface area contributed by atoms with Crippen molar-refractivity contribution in [2.75, 3.05) is 20.6 Å². The average molecular weight is 344 g/mol. The molecule has 0 unspecified atom stereocenters. The summed E-state index contributed by atoms with van der Waals surface area (Å²) >= 11 is 0. The molecule has 1 aromatic carbocycles. The number of hydrogen-bond acceptors (Lipinski definition) is 3. The van der Waals surface area contributed by atoms with Crippen molar-refractivity contribution in [3.63, 3.8) is 0 Å². The van der Waals surface area contributed by atoms with Gasteiger partial charge < -0.3 is 20.4 Å². The summed E-state index contributed by atoms with van der Waals surface area (Å²) in [5.74, 6) is 0.766. The van der Waals surface area contributed by atoms with E-state index in [1.807, 2.05) is 31.1 Å². The van der Waals surface area contributed by atoms with Crippen LogP contribution in [-0.4, -0.2) is 54.5 Å². The van der Waals surface area contributed by atoms with Gasteiger partial charge in [-0.3, -0.25) is 4.79 Å². The Hall–Kier alpha value is -2.08. The van der Waals surface area contributed by atoms with E-state index >= 15 is 0 Å². The van der Waals surface area contributed by atoms with Gasteiger partial charge in [-0.2, -0.15) is 0 Å². The van der Waals surface area contributed by atoms with Crippen LogP contribution >= 0.6 is 0 Å². The predicted octanol–water partition coefficient (Wildman–Crippen LogP) is 1.56. The highest BCUT2D eigenvalue weighted by Crippen LogP contribution is 2.37. The summed E-state index contributed by atoms with van der Waals surface area (Å²) < 4.78 is 0. The minimum absolute atomic E-state index is 0.0830. The zero-order valence-corrected chi connectivity index (χ0v) is 15.3. The van der Waals surface area contributed by atoms with Crippen molar-refractivity contribution in [3.05, 3.63) is 35.4 Å². The molecular formula is C19H28N4O2. The Balaban J connectivity index is 1.45. The fraction of sp³-hybridized carbons (Fsp3) is 0.579. The smallest absolute Gasteiger partial charge is 0.315 e. The summed E-state index contributed by atoms with van der Waals surface area (Å²) in [5.41, 5.74) is 2.30. The molecular weight excluding hydrogens is 316 g/mol. The number of urea groups is 1. The van der Waals surface area contributed by atoms with E-state index in [9.17, 15) is 9.59 Å². The Kier molecular flexibility index (Phi) is 5.27. The van der Waals surface area contributed by atoms with E-state index in [2.05, 4.69) is 34.6 Å². The third-order valence-corrected chi connectivity index (χ3v) is 4.90. The van der Waals surface area contributed by atoms with Gasteiger partial charge in [-0.05, 0) is 37.6 Å². The van der Waals surface area contributed by atoms with Crippen LogP contribution in [0.1, 0.15) is 30.9 Å². The molecule has 1 aliphatic carbocycles. The number of nitrogens with one attached hydrogen (secondary N) is 2. The van der Waals surface area contributed by atoms with E-state index in [0.29, 0.717) is 31.5 Å². The number of amides is 3. The number of benzene rings is 1. The molecule has 6 heteroatoms. The summed E-state index contributed by atoms with van der Waals surface area (Å²) in [7, 11) is 4.07. The molecule has 1 saturated carbocycles. The molecule has 1 saturated heterocycles. The highest BCUT2D eigenvalue weighted by molar-refractivity contribution is 5.82. The van der Waals surface area contributed by atoms with Crippen molar-refractivity contribution in [2.24, 2.45) is 5.92 Å². The minimum atomic E-state index is -0.207. The molecule has 0 aromatic heterocycles. The second-order valence-corrected chi connectivity index (χ2v) is 7.61. The lowest BCUT2D eigenvalue weighted by atomic mass is 10.1. The summed E-state index contributed by atoms with van der Waals surface area (Å²) in [6.45, 7) is 4.16. The third-order valence-electron chi connectivity index (χ3n) is 4.90. The number of likely N-dealkylation sites (tertiary alicyclic amines) is 1. The van der Waals surface area contributed by atoms with E-state index in [0.717, 1.165) is 18.5 Å². The van der Waals surface area contributed by atoms with Crippen molar-refractivity contribution < 1.29 is 9.59 Å². The molecule has 3 amide bonds. The van der Waals surface area contributed by atoms with Crippen LogP contribution in [0.3, 0.4) is 0 Å². The van der Waals surface area contributed by atoms with Gasteiger partial charge in [-0.25, -0.2) is 4.79 Å². The van der Waals surface area contributed by atoms with Gasteiger partial charge in [0.2, 0.25) is 5.91 Å². The zero-order valence-electron chi connectivity index (χ0n) is 15.3. The normalized spacial score (nSPS) is 25.4. The first kappa shape index (κ1) is 17.7. The molecule has 1 heterocycles. The quantitative estimate of drug-likeness (QED) is 0.823. The van der Waals surface area contributed by atoms with Crippen LogP contribution in [-0.2, 0) is 17.9 Å². The minimum Gasteiger partial charge on any atom is -0.337 e. The monoisotopic (exact) mass is 344 g/mol. The van der Waals surface area contributed by atoms with Gasteiger partial charge in [-0.1, -0.05) is 31.2 Å². The van der Waals surface area contributed by atoms with Crippen LogP contribution < -0.4 is 10.6 Å². The summed E-state index contributed by atoms with van der Waals surface area (Å²) in [6, 6.07) is 8.31. The van der Waals surface area contributed by atoms with Gasteiger partial charge in [0.25, 0.3) is 0 Å². The molecule has 2 aliphatic rings. The van der Waals surface area contributed by atoms with Gasteiger partial charge in [-0.15, -0.1) is 0 Å². The maximum Gasteiger partial charge on any atom is 0.315 e. The summed E-state index contributed by atoms with van der Waals surface area (Å²) in [6.07, 6.45) is 1.50. The molecule has 3 atom stereocenters. The lowest BCUT2D eigenvalue weighted by molar-refractivity contribution is -0.128. The summed E-state index contributed by atoms with van der Waals surface area (Å²) in [5, 5.41) is 5.83. The van der Waals surface area contributed by atoms with E-state index in [1.165, 1.54) is 5.56 Å². The van der Waals surface area contributed by atoms with Crippen LogP contribution in [0, 0.1) is 5.92 Å². The first-order chi connectivity index (χ1) is 11.9. The topological polar surface area (TPSA) is 64.7 Å². The van der Waals surface area contributed by atoms with E-state index in [4.69, 9.17) is 0 Å². The fourth-order valence-corrected chi connectivity index (χ4v) is 3.51. The number of hydrogen-bond donors (Lipinski definition) is 2. The Bertz CT molecular complexity index is 646. The fourth-order valence-electron chi connectivity index (χ4n) is 3.51. The lowest BCUT2D eigenvalue weighted by Crippen LogP contribution is -2.43. The number of rotatable bonds is 6. The second kappa shape index (κ2) is 7.44. The zero-order chi connectivity index (χ0) is 18.0. The number of carbonyl (C=O) groups excluding carboxylic acids is 2. The molecule has 0 bridgehead atoms. The Morgan fingerprint density at radius 2 is 2.04 bits per heavy atom. The van der Waals surface area contributed by atoms with E-state index in [-0.39, 0.29) is 18.0 Å². The molecule has 136 valence electrons. The number of nitrogens with zero attached hydrogens (tertiary/aromatic N) is 2. The van der Waals surface area contributed by atoms with Crippen LogP contribution in [0.4, 0.5) is 4.79 Å². The van der Waals surface area contributed by atoms with Gasteiger partial charge >= 0.3 is 6.03 Å². The maximum atomic E-state index is 12.1. The molecule has 1 aliphatic heterocycles. The largest absolute Gasteiger partial charge is 0.337 e. The van der Waals surface area contributed by atoms with Crippen molar-refractivity contribution in [1.29, 1.82) is 0 Å². The van der Waals surface area contributed by atoms with Crippen molar-refractivity contribution >= 4 is 11.9 Å². The summed E-state index contributed by atoms with van der Waals surface area (Å²) in [4.78, 5) is 28.2. The molecule has 25 heavy (non-hydrogen) atoms. The molecule has 0 radical (unpaired) electrons. The van der Waals surface area contributed by atoms with Gasteiger partial charge in [0.1, 0.15) is 0 Å². The van der Waals surface area contributed by atoms with Crippen molar-refractivity contribution in [3.8, 4) is 0 Å². The predicted molar refractivity (Wildman–Crippen MR) is 96.9 cm³/mol. The molecule has 3 rings (SSSR count). The van der Waals surface area contributed by atoms with Crippen LogP contribution in [0.25, 0.3) is 0 Å². The van der Waals surface area contributed by atoms with Crippen LogP contribution in [0.15, 0.2) is 24.3 Å². The third kappa shape index (κ3) is 4.72. The molecule has 2 fully saturated rings. The van der Waals surface area contributed by atoms with E-state index < -0.39 is 0 Å². The van der Waals surface area contributed by atoms with Crippen molar-refractivity contribution in [1.82, 2.24) is 20.4 Å². The maximum absolute atomic E-state index is 12.1. The molecule has 1 aromatic rings. The SMILES string of the molecule is C[C@@H]1C[C@H]1N1C[C@@H](NC(=O)NCc2cccc(CN(C)C)c2)CC1=O. The second-order valence-electron chi connectivity index (χ2n) is 7.61. The standard InChI is InChI=1S/C19H28N4O2/c1-13-7-17(13)23-12-16(9-18(23)24)21-19(25)20-10-14-5-4-6-15(8-14)11-22(2)3/h4-6,8,13,16-17H,7,9-12H2,1-3H3,(H2,20,21,25)/t13-,16+,17-/m1/s1. The highest BCUT2D eigenvalue weighted by atomic mass is 16.2. The van der Waals surface area contributed by atoms with Crippen LogP contribution in [0.2, 0.25) is 0 Å². The van der Waals surface area contributed by atoms with E-state index in [1.54, 1.807) is 0 Å². The molecule has 0 spiro atoms. The Morgan fingerprint density at radius 1 is 1.32 bits per heavy atom. The Labute approximate surface area is 149 Å². The Morgan fingerprint density at radius 3 is 2.72 bits per heavy atom. The first-order valence-corrected chi connectivity index (χ1v) is 8.98. The van der Waals surface area contributed by atoms with Gasteiger partial charge in [0.15, 0.2) is 0 Å². The van der Waals surface area contributed by atoms with Crippen molar-refractivity contribution in [2.45, 2.75) is 44.9 Å². The first-order valence-electron chi connectivity index (χ1n) is 8.98. The van der Waals surface area contributed by atoms with Gasteiger partial charge in [0.05, 0.1) is 6.04 Å². The average Bonchev–Trinajstić information content (AvgIpc) is 3.15.